The molecule has 1 aromatic carbocycles. The molecule has 1 unspecified atom stereocenters. The van der Waals surface area contributed by atoms with E-state index in [1.807, 2.05) is 23.8 Å². The average molecular weight is 304 g/mol. The Balaban J connectivity index is 2.07. The second-order valence-corrected chi connectivity index (χ2v) is 5.13. The van der Waals surface area contributed by atoms with Gasteiger partial charge < -0.3 is 10.1 Å². The fraction of sp³-hybridized carbons (Fsp3) is 0.231. The minimum atomic E-state index is -2.87. The largest absolute Gasteiger partial charge is 0.433 e. The molecule has 1 N–H and O–H groups in total. The van der Waals surface area contributed by atoms with Gasteiger partial charge in [0.25, 0.3) is 0 Å². The predicted octanol–water partition coefficient (Wildman–Crippen LogP) is 5.18. The van der Waals surface area contributed by atoms with E-state index in [1.165, 1.54) is 6.07 Å². The third kappa shape index (κ3) is 3.81. The van der Waals surface area contributed by atoms with E-state index < -0.39 is 6.61 Å². The molecule has 6 heteroatoms. The van der Waals surface area contributed by atoms with Crippen molar-refractivity contribution in [2.75, 3.05) is 5.32 Å². The maximum atomic E-state index is 12.1. The fourth-order valence-corrected chi connectivity index (χ4v) is 2.62. The number of halogens is 3. The molecule has 0 aliphatic heterocycles. The summed E-state index contributed by atoms with van der Waals surface area (Å²) < 4.78 is 28.5. The van der Waals surface area contributed by atoms with Gasteiger partial charge in [0.15, 0.2) is 0 Å². The molecule has 0 aliphatic carbocycles. The van der Waals surface area contributed by atoms with Crippen LogP contribution in [-0.4, -0.2) is 6.61 Å². The Morgan fingerprint density at radius 3 is 2.68 bits per heavy atom. The summed E-state index contributed by atoms with van der Waals surface area (Å²) >= 11 is 7.51. The van der Waals surface area contributed by atoms with Crippen LogP contribution in [0.15, 0.2) is 35.0 Å². The van der Waals surface area contributed by atoms with Gasteiger partial charge in [0.1, 0.15) is 5.75 Å². The third-order valence-electron chi connectivity index (χ3n) is 2.57. The smallest absolute Gasteiger partial charge is 0.387 e. The Morgan fingerprint density at radius 2 is 2.11 bits per heavy atom. The van der Waals surface area contributed by atoms with Crippen molar-refractivity contribution in [2.45, 2.75) is 19.6 Å². The predicted molar refractivity (Wildman–Crippen MR) is 74.4 cm³/mol. The molecule has 0 aliphatic rings. The molecule has 1 atom stereocenters. The quantitative estimate of drug-likeness (QED) is 0.822. The monoisotopic (exact) mass is 303 g/mol. The first-order chi connectivity index (χ1) is 9.06. The van der Waals surface area contributed by atoms with Gasteiger partial charge in [-0.15, -0.1) is 0 Å². The summed E-state index contributed by atoms with van der Waals surface area (Å²) in [5.74, 6) is -0.0228. The topological polar surface area (TPSA) is 21.3 Å². The number of rotatable bonds is 5. The fourth-order valence-electron chi connectivity index (χ4n) is 1.64. The zero-order valence-electron chi connectivity index (χ0n) is 10.1. The van der Waals surface area contributed by atoms with Crippen molar-refractivity contribution in [1.29, 1.82) is 0 Å². The summed E-state index contributed by atoms with van der Waals surface area (Å²) in [4.78, 5) is 0. The second kappa shape index (κ2) is 6.21. The molecular weight excluding hydrogens is 292 g/mol. The number of nitrogens with one attached hydrogen (secondary N) is 1. The molecule has 0 fully saturated rings. The first-order valence-electron chi connectivity index (χ1n) is 5.59. The van der Waals surface area contributed by atoms with Crippen LogP contribution in [0.25, 0.3) is 0 Å². The number of hydrogen-bond donors (Lipinski definition) is 1. The van der Waals surface area contributed by atoms with Crippen LogP contribution < -0.4 is 10.1 Å². The third-order valence-corrected chi connectivity index (χ3v) is 3.57. The molecule has 2 rings (SSSR count). The normalized spacial score (nSPS) is 12.5. The minimum absolute atomic E-state index is 0.0228. The standard InChI is InChI=1S/C13H12ClF2NOS/c1-8(9-4-5-19-7-9)17-10-2-3-12(11(14)6-10)18-13(15)16/h2-8,13,17H,1H3. The van der Waals surface area contributed by atoms with Crippen molar-refractivity contribution in [3.8, 4) is 5.75 Å². The Hall–Kier alpha value is -1.33. The van der Waals surface area contributed by atoms with Gasteiger partial charge in [-0.25, -0.2) is 0 Å². The van der Waals surface area contributed by atoms with E-state index in [1.54, 1.807) is 23.5 Å². The van der Waals surface area contributed by atoms with Gasteiger partial charge in [0.2, 0.25) is 0 Å². The molecule has 1 heterocycles. The number of ether oxygens (including phenoxy) is 1. The summed E-state index contributed by atoms with van der Waals surface area (Å²) in [6, 6.07) is 6.80. The molecule has 1 aromatic heterocycles. The van der Waals surface area contributed by atoms with E-state index in [0.29, 0.717) is 0 Å². The average Bonchev–Trinajstić information content (AvgIpc) is 2.86. The Labute approximate surface area is 119 Å². The lowest BCUT2D eigenvalue weighted by Crippen LogP contribution is -2.06. The van der Waals surface area contributed by atoms with Crippen molar-refractivity contribution >= 4 is 28.6 Å². The number of anilines is 1. The van der Waals surface area contributed by atoms with Crippen LogP contribution in [0.2, 0.25) is 5.02 Å². The maximum absolute atomic E-state index is 12.1. The number of alkyl halides is 2. The van der Waals surface area contributed by atoms with Gasteiger partial charge in [-0.2, -0.15) is 20.1 Å². The summed E-state index contributed by atoms with van der Waals surface area (Å²) in [7, 11) is 0. The summed E-state index contributed by atoms with van der Waals surface area (Å²) in [5, 5.41) is 7.45. The second-order valence-electron chi connectivity index (χ2n) is 3.95. The highest BCUT2D eigenvalue weighted by molar-refractivity contribution is 7.07. The van der Waals surface area contributed by atoms with Gasteiger partial charge in [0.05, 0.1) is 5.02 Å². The van der Waals surface area contributed by atoms with Crippen LogP contribution in [0.3, 0.4) is 0 Å². The molecule has 0 saturated carbocycles. The van der Waals surface area contributed by atoms with E-state index in [4.69, 9.17) is 11.6 Å². The van der Waals surface area contributed by atoms with Crippen LogP contribution in [-0.2, 0) is 0 Å². The molecule has 0 saturated heterocycles. The zero-order chi connectivity index (χ0) is 13.8. The summed E-state index contributed by atoms with van der Waals surface area (Å²) in [5.41, 5.74) is 1.92. The Morgan fingerprint density at radius 1 is 1.32 bits per heavy atom. The van der Waals surface area contributed by atoms with Crippen molar-refractivity contribution in [3.63, 3.8) is 0 Å². The summed E-state index contributed by atoms with van der Waals surface area (Å²) in [6.07, 6.45) is 0. The van der Waals surface area contributed by atoms with Gasteiger partial charge in [-0.1, -0.05) is 11.6 Å². The molecule has 0 radical (unpaired) electrons. The lowest BCUT2D eigenvalue weighted by molar-refractivity contribution is -0.0497. The highest BCUT2D eigenvalue weighted by Gasteiger charge is 2.10. The zero-order valence-corrected chi connectivity index (χ0v) is 11.6. The molecule has 0 amide bonds. The van der Waals surface area contributed by atoms with Gasteiger partial charge in [0, 0.05) is 11.7 Å². The number of hydrogen-bond acceptors (Lipinski definition) is 3. The lowest BCUT2D eigenvalue weighted by atomic mass is 10.1. The molecule has 0 bridgehead atoms. The van der Waals surface area contributed by atoms with Crippen LogP contribution >= 0.6 is 22.9 Å². The first kappa shape index (κ1) is 14.1. The van der Waals surface area contributed by atoms with Crippen molar-refractivity contribution in [2.24, 2.45) is 0 Å². The molecule has 102 valence electrons. The summed E-state index contributed by atoms with van der Waals surface area (Å²) in [6.45, 7) is -0.861. The van der Waals surface area contributed by atoms with Crippen LogP contribution in [0, 0.1) is 0 Å². The van der Waals surface area contributed by atoms with Crippen molar-refractivity contribution < 1.29 is 13.5 Å². The van der Waals surface area contributed by atoms with Crippen LogP contribution in [0.5, 0.6) is 5.75 Å². The highest BCUT2D eigenvalue weighted by Crippen LogP contribution is 2.30. The maximum Gasteiger partial charge on any atom is 0.387 e. The van der Waals surface area contributed by atoms with Gasteiger partial charge in [-0.05, 0) is 47.5 Å². The lowest BCUT2D eigenvalue weighted by Gasteiger charge is -2.15. The number of benzene rings is 1. The van der Waals surface area contributed by atoms with Gasteiger partial charge >= 0.3 is 6.61 Å². The van der Waals surface area contributed by atoms with Crippen LogP contribution in [0.4, 0.5) is 14.5 Å². The van der Waals surface area contributed by atoms with Crippen LogP contribution in [0.1, 0.15) is 18.5 Å². The first-order valence-corrected chi connectivity index (χ1v) is 6.91. The van der Waals surface area contributed by atoms with E-state index in [9.17, 15) is 8.78 Å². The molecule has 19 heavy (non-hydrogen) atoms. The molecule has 2 nitrogen and oxygen atoms in total. The SMILES string of the molecule is CC(Nc1ccc(OC(F)F)c(Cl)c1)c1ccsc1. The van der Waals surface area contributed by atoms with Crippen molar-refractivity contribution in [3.05, 3.63) is 45.6 Å². The number of thiophene rings is 1. The van der Waals surface area contributed by atoms with E-state index in [-0.39, 0.29) is 16.8 Å². The van der Waals surface area contributed by atoms with Gasteiger partial charge in [-0.3, -0.25) is 0 Å². The molecule has 0 spiro atoms. The highest BCUT2D eigenvalue weighted by atomic mass is 35.5. The Kier molecular flexibility index (Phi) is 4.61. The van der Waals surface area contributed by atoms with E-state index >= 15 is 0 Å². The van der Waals surface area contributed by atoms with E-state index in [2.05, 4.69) is 10.1 Å². The minimum Gasteiger partial charge on any atom is -0.433 e. The molecular formula is C13H12ClF2NOS. The Bertz CT molecular complexity index is 533. The van der Waals surface area contributed by atoms with E-state index in [0.717, 1.165) is 11.3 Å². The van der Waals surface area contributed by atoms with Crippen molar-refractivity contribution in [1.82, 2.24) is 0 Å². The molecule has 2 aromatic rings.